The van der Waals surface area contributed by atoms with Crippen molar-refractivity contribution in [2.75, 3.05) is 0 Å². The molecule has 0 bridgehead atoms. The smallest absolute Gasteiger partial charge is 0.422 e. The zero-order chi connectivity index (χ0) is 32.0. The number of halogens is 10. The lowest BCUT2D eigenvalue weighted by atomic mass is 9.74. The standard InChI is InChI=1S/C31H30F10O/c1-7-29(6,31(40,41)42-19-14-24(35)27(25(36)15-19)30(37,38)39)26-22(33)12-18(13-23(26)34)28(4,5)20-9-8-17(10-16(2)3)11-21(20)32/h8-9,11-16H,7,10H2,1-6H3. The molecule has 0 fully saturated rings. The molecule has 0 radical (unpaired) electrons. The lowest BCUT2D eigenvalue weighted by Gasteiger charge is -2.37. The largest absolute Gasteiger partial charge is 0.432 e. The number of rotatable bonds is 9. The van der Waals surface area contributed by atoms with Crippen LogP contribution >= 0.6 is 0 Å². The first-order valence-corrected chi connectivity index (χ1v) is 13.1. The molecule has 0 aliphatic heterocycles. The molecule has 0 N–H and O–H groups in total. The van der Waals surface area contributed by atoms with Crippen LogP contribution in [0.4, 0.5) is 43.9 Å². The van der Waals surface area contributed by atoms with Crippen molar-refractivity contribution in [3.8, 4) is 5.75 Å². The molecule has 42 heavy (non-hydrogen) atoms. The number of hydrogen-bond donors (Lipinski definition) is 0. The highest BCUT2D eigenvalue weighted by Crippen LogP contribution is 2.47. The van der Waals surface area contributed by atoms with Gasteiger partial charge in [-0.05, 0) is 60.6 Å². The lowest BCUT2D eigenvalue weighted by Crippen LogP contribution is -2.48. The Balaban J connectivity index is 2.05. The second-order valence-corrected chi connectivity index (χ2v) is 11.4. The molecule has 0 aliphatic rings. The Bertz CT molecular complexity index is 1410. The lowest BCUT2D eigenvalue weighted by molar-refractivity contribution is -0.228. The van der Waals surface area contributed by atoms with E-state index in [2.05, 4.69) is 4.74 Å². The van der Waals surface area contributed by atoms with Gasteiger partial charge in [-0.2, -0.15) is 22.0 Å². The van der Waals surface area contributed by atoms with Crippen molar-refractivity contribution in [2.24, 2.45) is 5.92 Å². The van der Waals surface area contributed by atoms with E-state index < -0.39 is 75.5 Å². The van der Waals surface area contributed by atoms with Crippen LogP contribution in [0.25, 0.3) is 0 Å². The molecular formula is C31H30F10O. The molecule has 0 saturated heterocycles. The fraction of sp³-hybridized carbons (Fsp3) is 0.419. The van der Waals surface area contributed by atoms with E-state index in [1.54, 1.807) is 6.07 Å². The summed E-state index contributed by atoms with van der Waals surface area (Å²) in [5, 5.41) is 0. The molecule has 230 valence electrons. The van der Waals surface area contributed by atoms with Gasteiger partial charge in [0.05, 0.1) is 0 Å². The van der Waals surface area contributed by atoms with E-state index in [4.69, 9.17) is 0 Å². The summed E-state index contributed by atoms with van der Waals surface area (Å²) in [6.45, 7) is 8.82. The van der Waals surface area contributed by atoms with Gasteiger partial charge >= 0.3 is 12.3 Å². The fourth-order valence-electron chi connectivity index (χ4n) is 4.95. The van der Waals surface area contributed by atoms with Crippen LogP contribution in [-0.4, -0.2) is 6.11 Å². The van der Waals surface area contributed by atoms with Crippen LogP contribution in [0.5, 0.6) is 5.75 Å². The van der Waals surface area contributed by atoms with Crippen molar-refractivity contribution < 1.29 is 48.6 Å². The van der Waals surface area contributed by atoms with Gasteiger partial charge in [0, 0.05) is 23.1 Å². The Kier molecular flexibility index (Phi) is 9.07. The first-order valence-electron chi connectivity index (χ1n) is 13.1. The van der Waals surface area contributed by atoms with E-state index >= 15 is 22.0 Å². The van der Waals surface area contributed by atoms with Gasteiger partial charge in [-0.25, -0.2) is 22.0 Å². The van der Waals surface area contributed by atoms with E-state index in [1.807, 2.05) is 13.8 Å². The van der Waals surface area contributed by atoms with Crippen LogP contribution in [0.1, 0.15) is 75.8 Å². The third-order valence-electron chi connectivity index (χ3n) is 7.56. The van der Waals surface area contributed by atoms with E-state index in [-0.39, 0.29) is 29.2 Å². The van der Waals surface area contributed by atoms with E-state index in [9.17, 15) is 22.0 Å². The van der Waals surface area contributed by atoms with Crippen molar-refractivity contribution in [3.63, 3.8) is 0 Å². The van der Waals surface area contributed by atoms with Gasteiger partial charge in [-0.1, -0.05) is 46.8 Å². The second kappa shape index (κ2) is 11.4. The maximum absolute atomic E-state index is 15.6. The Hall–Kier alpha value is -3.24. The fourth-order valence-corrected chi connectivity index (χ4v) is 4.95. The quantitative estimate of drug-likeness (QED) is 0.220. The summed E-state index contributed by atoms with van der Waals surface area (Å²) in [6, 6.07) is 5.93. The second-order valence-electron chi connectivity index (χ2n) is 11.4. The molecule has 0 amide bonds. The summed E-state index contributed by atoms with van der Waals surface area (Å²) in [5.41, 5.74) is -6.77. The average Bonchev–Trinajstić information content (AvgIpc) is 2.81. The number of ether oxygens (including phenoxy) is 1. The van der Waals surface area contributed by atoms with Gasteiger partial charge in [0.15, 0.2) is 0 Å². The maximum atomic E-state index is 15.6. The van der Waals surface area contributed by atoms with Crippen LogP contribution in [0.2, 0.25) is 0 Å². The first kappa shape index (κ1) is 33.3. The predicted molar refractivity (Wildman–Crippen MR) is 138 cm³/mol. The van der Waals surface area contributed by atoms with Crippen molar-refractivity contribution in [1.29, 1.82) is 0 Å². The van der Waals surface area contributed by atoms with Gasteiger partial charge in [-0.15, -0.1) is 0 Å². The molecular weight excluding hydrogens is 578 g/mol. The van der Waals surface area contributed by atoms with Crippen molar-refractivity contribution in [2.45, 2.75) is 77.5 Å². The van der Waals surface area contributed by atoms with E-state index in [0.717, 1.165) is 31.5 Å². The van der Waals surface area contributed by atoms with Crippen LogP contribution in [0.15, 0.2) is 42.5 Å². The van der Waals surface area contributed by atoms with Gasteiger partial charge in [0.2, 0.25) is 0 Å². The Labute approximate surface area is 237 Å². The van der Waals surface area contributed by atoms with Crippen molar-refractivity contribution in [1.82, 2.24) is 0 Å². The van der Waals surface area contributed by atoms with Gasteiger partial charge < -0.3 is 4.74 Å². The van der Waals surface area contributed by atoms with Crippen LogP contribution in [-0.2, 0) is 23.4 Å². The van der Waals surface area contributed by atoms with Gasteiger partial charge in [-0.3, -0.25) is 0 Å². The van der Waals surface area contributed by atoms with Crippen LogP contribution in [0, 0.1) is 35.0 Å². The zero-order valence-corrected chi connectivity index (χ0v) is 23.7. The molecule has 3 aromatic carbocycles. The highest BCUT2D eigenvalue weighted by Gasteiger charge is 2.56. The highest BCUT2D eigenvalue weighted by molar-refractivity contribution is 5.44. The summed E-state index contributed by atoms with van der Waals surface area (Å²) < 4.78 is 148. The highest BCUT2D eigenvalue weighted by atomic mass is 19.4. The van der Waals surface area contributed by atoms with Crippen LogP contribution < -0.4 is 4.74 Å². The first-order chi connectivity index (χ1) is 19.2. The van der Waals surface area contributed by atoms with E-state index in [1.165, 1.54) is 26.0 Å². The minimum Gasteiger partial charge on any atom is -0.432 e. The minimum atomic E-state index is -5.45. The molecule has 0 spiro atoms. The number of benzene rings is 3. The molecule has 0 aromatic heterocycles. The van der Waals surface area contributed by atoms with Gasteiger partial charge in [0.1, 0.15) is 45.8 Å². The Morgan fingerprint density at radius 2 is 1.19 bits per heavy atom. The predicted octanol–water partition coefficient (Wildman–Crippen LogP) is 10.3. The summed E-state index contributed by atoms with van der Waals surface area (Å²) in [7, 11) is 0. The van der Waals surface area contributed by atoms with Crippen LogP contribution in [0.3, 0.4) is 0 Å². The third kappa shape index (κ3) is 6.24. The summed E-state index contributed by atoms with van der Waals surface area (Å²) in [5.74, 6) is -8.94. The molecule has 1 nitrogen and oxygen atoms in total. The Morgan fingerprint density at radius 1 is 0.690 bits per heavy atom. The molecule has 1 atom stereocenters. The summed E-state index contributed by atoms with van der Waals surface area (Å²) >= 11 is 0. The van der Waals surface area contributed by atoms with Crippen molar-refractivity contribution >= 4 is 0 Å². The number of hydrogen-bond acceptors (Lipinski definition) is 1. The molecule has 3 rings (SSSR count). The average molecular weight is 609 g/mol. The molecule has 3 aromatic rings. The summed E-state index contributed by atoms with van der Waals surface area (Å²) in [4.78, 5) is 0. The molecule has 0 aliphatic carbocycles. The number of alkyl halides is 5. The molecule has 0 heterocycles. The molecule has 11 heteroatoms. The summed E-state index contributed by atoms with van der Waals surface area (Å²) in [6.07, 6.45) is -10.1. The Morgan fingerprint density at radius 3 is 1.62 bits per heavy atom. The van der Waals surface area contributed by atoms with E-state index in [0.29, 0.717) is 6.42 Å². The normalized spacial score (nSPS) is 14.3. The molecule has 1 unspecified atom stereocenters. The van der Waals surface area contributed by atoms with Gasteiger partial charge in [0.25, 0.3) is 0 Å². The zero-order valence-electron chi connectivity index (χ0n) is 23.7. The third-order valence-corrected chi connectivity index (χ3v) is 7.56. The topological polar surface area (TPSA) is 9.23 Å². The van der Waals surface area contributed by atoms with Crippen molar-refractivity contribution in [3.05, 3.63) is 99.4 Å². The molecule has 0 saturated carbocycles. The maximum Gasteiger partial charge on any atom is 0.422 e. The SMILES string of the molecule is CCC(C)(c1c(F)cc(C(C)(C)c2ccc(CC(C)C)cc2F)cc1F)C(F)(F)Oc1cc(F)c(C(F)(F)F)c(F)c1. The monoisotopic (exact) mass is 608 g/mol. The minimum absolute atomic E-state index is 0.0636.